The Labute approximate surface area is 160 Å². The lowest BCUT2D eigenvalue weighted by Crippen LogP contribution is -2.40. The second-order valence-electron chi connectivity index (χ2n) is 7.82. The average Bonchev–Trinajstić information content (AvgIpc) is 3.27. The molecule has 0 aromatic heterocycles. The van der Waals surface area contributed by atoms with Crippen molar-refractivity contribution in [2.75, 3.05) is 13.2 Å². The molecule has 0 unspecified atom stereocenters. The number of hydrogen-bond donors (Lipinski definition) is 1. The van der Waals surface area contributed by atoms with Crippen molar-refractivity contribution in [3.8, 4) is 5.75 Å². The van der Waals surface area contributed by atoms with Crippen molar-refractivity contribution < 1.29 is 14.3 Å². The minimum Gasteiger partial charge on any atom is -0.494 e. The summed E-state index contributed by atoms with van der Waals surface area (Å²) in [6, 6.07) is 13.0. The van der Waals surface area contributed by atoms with Crippen LogP contribution in [0.25, 0.3) is 10.8 Å². The number of hydrogen-bond acceptors (Lipinski definition) is 3. The Hall–Kier alpha value is -2.49. The number of carbonyl (C=O) groups is 1. The molecule has 2 aromatic rings. The van der Waals surface area contributed by atoms with Crippen LogP contribution in [0.15, 0.2) is 49.1 Å². The summed E-state index contributed by atoms with van der Waals surface area (Å²) in [5, 5.41) is 5.46. The first-order chi connectivity index (χ1) is 13.2. The Morgan fingerprint density at radius 1 is 1.22 bits per heavy atom. The van der Waals surface area contributed by atoms with E-state index in [1.54, 1.807) is 0 Å². The number of benzene rings is 2. The zero-order chi connectivity index (χ0) is 18.7. The molecule has 4 rings (SSSR count). The second kappa shape index (κ2) is 7.63. The summed E-state index contributed by atoms with van der Waals surface area (Å²) in [6.07, 6.45) is 7.92. The van der Waals surface area contributed by atoms with Crippen molar-refractivity contribution in [2.45, 2.75) is 50.0 Å². The average molecular weight is 365 g/mol. The smallest absolute Gasteiger partial charge is 0.407 e. The van der Waals surface area contributed by atoms with Gasteiger partial charge in [-0.25, -0.2) is 4.79 Å². The fourth-order valence-electron chi connectivity index (χ4n) is 4.31. The summed E-state index contributed by atoms with van der Waals surface area (Å²) in [4.78, 5) is 11.4. The van der Waals surface area contributed by atoms with E-state index in [0.717, 1.165) is 50.9 Å². The molecule has 1 amide bonds. The molecule has 2 atom stereocenters. The number of fused-ring (bicyclic) bond motifs is 1. The summed E-state index contributed by atoms with van der Waals surface area (Å²) in [5.74, 6) is 1.40. The lowest BCUT2D eigenvalue weighted by Gasteiger charge is -2.20. The zero-order valence-electron chi connectivity index (χ0n) is 15.7. The van der Waals surface area contributed by atoms with Gasteiger partial charge in [-0.1, -0.05) is 30.3 Å². The maximum absolute atomic E-state index is 11.4. The Bertz CT molecular complexity index is 847. The predicted molar refractivity (Wildman–Crippen MR) is 107 cm³/mol. The Balaban J connectivity index is 1.42. The van der Waals surface area contributed by atoms with Crippen LogP contribution in [0, 0.1) is 0 Å². The number of alkyl carbamates (subject to hydrolysis) is 1. The van der Waals surface area contributed by atoms with E-state index in [2.05, 4.69) is 48.3 Å². The highest BCUT2D eigenvalue weighted by atomic mass is 16.6. The van der Waals surface area contributed by atoms with Crippen LogP contribution >= 0.6 is 0 Å². The number of unbranched alkanes of at least 4 members (excludes halogenated alkanes) is 2. The molecule has 1 aliphatic carbocycles. The number of amides is 1. The van der Waals surface area contributed by atoms with E-state index in [0.29, 0.717) is 12.5 Å². The third kappa shape index (κ3) is 3.95. The van der Waals surface area contributed by atoms with E-state index in [1.807, 2.05) is 6.08 Å². The number of ether oxygens (including phenoxy) is 2. The molecule has 0 radical (unpaired) electrons. The van der Waals surface area contributed by atoms with Gasteiger partial charge in [0.15, 0.2) is 0 Å². The van der Waals surface area contributed by atoms with Crippen LogP contribution < -0.4 is 10.1 Å². The van der Waals surface area contributed by atoms with Gasteiger partial charge in [0.05, 0.1) is 12.1 Å². The molecule has 4 nitrogen and oxygen atoms in total. The number of nitrogens with one attached hydrogen (secondary N) is 1. The number of cyclic esters (lactones) is 1. The van der Waals surface area contributed by atoms with Crippen molar-refractivity contribution in [3.05, 3.63) is 54.6 Å². The molecule has 1 N–H and O–H groups in total. The van der Waals surface area contributed by atoms with Gasteiger partial charge >= 0.3 is 6.09 Å². The van der Waals surface area contributed by atoms with Gasteiger partial charge in [0, 0.05) is 0 Å². The quantitative estimate of drug-likeness (QED) is 0.533. The van der Waals surface area contributed by atoms with Crippen LogP contribution in [0.3, 0.4) is 0 Å². The maximum Gasteiger partial charge on any atom is 0.407 e. The van der Waals surface area contributed by atoms with Crippen molar-refractivity contribution in [3.63, 3.8) is 0 Å². The SMILES string of the molecule is C=CCCCCOc1ccc2cc([C@@H]3CC[C@]4(COC(=O)N4)C3)ccc2c1. The normalized spacial score (nSPS) is 24.1. The first-order valence-corrected chi connectivity index (χ1v) is 9.90. The predicted octanol–water partition coefficient (Wildman–Crippen LogP) is 5.32. The summed E-state index contributed by atoms with van der Waals surface area (Å²) in [6.45, 7) is 4.99. The second-order valence-corrected chi connectivity index (χ2v) is 7.82. The van der Waals surface area contributed by atoms with Gasteiger partial charge in [-0.2, -0.15) is 0 Å². The molecule has 1 saturated heterocycles. The lowest BCUT2D eigenvalue weighted by atomic mass is 9.92. The molecule has 1 saturated carbocycles. The summed E-state index contributed by atoms with van der Waals surface area (Å²) in [7, 11) is 0. The van der Waals surface area contributed by atoms with E-state index >= 15 is 0 Å². The van der Waals surface area contributed by atoms with Crippen LogP contribution in [0.5, 0.6) is 5.75 Å². The van der Waals surface area contributed by atoms with E-state index in [4.69, 9.17) is 9.47 Å². The molecule has 142 valence electrons. The third-order valence-corrected chi connectivity index (χ3v) is 5.83. The summed E-state index contributed by atoms with van der Waals surface area (Å²) >= 11 is 0. The Kier molecular flexibility index (Phi) is 5.06. The number of rotatable bonds is 7. The van der Waals surface area contributed by atoms with Gasteiger partial charge < -0.3 is 14.8 Å². The van der Waals surface area contributed by atoms with E-state index in [-0.39, 0.29) is 11.6 Å². The van der Waals surface area contributed by atoms with Gasteiger partial charge in [-0.15, -0.1) is 6.58 Å². The molecule has 1 heterocycles. The Morgan fingerprint density at radius 3 is 2.89 bits per heavy atom. The standard InChI is InChI=1S/C23H27NO3/c1-2-3-4-5-12-26-21-9-8-17-13-18(6-7-19(17)14-21)20-10-11-23(15-20)16-27-22(25)24-23/h2,6-9,13-14,20H,1,3-5,10-12,15-16H2,(H,24,25)/t20-,23-/m1/s1. The molecule has 4 heteroatoms. The van der Waals surface area contributed by atoms with Gasteiger partial charge in [-0.3, -0.25) is 0 Å². The van der Waals surface area contributed by atoms with Gasteiger partial charge in [0.2, 0.25) is 0 Å². The molecule has 2 aliphatic rings. The zero-order valence-corrected chi connectivity index (χ0v) is 15.7. The summed E-state index contributed by atoms with van der Waals surface area (Å²) in [5.41, 5.74) is 1.19. The minimum atomic E-state index is -0.272. The van der Waals surface area contributed by atoms with Crippen molar-refractivity contribution >= 4 is 16.9 Å². The molecular weight excluding hydrogens is 338 g/mol. The number of carbonyl (C=O) groups excluding carboxylic acids is 1. The molecule has 1 spiro atoms. The molecule has 2 fully saturated rings. The van der Waals surface area contributed by atoms with E-state index in [9.17, 15) is 4.79 Å². The van der Waals surface area contributed by atoms with Crippen LogP contribution in [0.4, 0.5) is 4.79 Å². The van der Waals surface area contributed by atoms with Gasteiger partial charge in [0.25, 0.3) is 0 Å². The molecule has 1 aliphatic heterocycles. The number of allylic oxidation sites excluding steroid dienone is 1. The highest BCUT2D eigenvalue weighted by Gasteiger charge is 2.45. The minimum absolute atomic E-state index is 0.153. The molecule has 27 heavy (non-hydrogen) atoms. The Morgan fingerprint density at radius 2 is 2.07 bits per heavy atom. The van der Waals surface area contributed by atoms with Crippen LogP contribution in [0.2, 0.25) is 0 Å². The van der Waals surface area contributed by atoms with Crippen molar-refractivity contribution in [2.24, 2.45) is 0 Å². The topological polar surface area (TPSA) is 47.6 Å². The molecule has 2 aromatic carbocycles. The first kappa shape index (κ1) is 17.9. The summed E-state index contributed by atoms with van der Waals surface area (Å²) < 4.78 is 11.0. The van der Waals surface area contributed by atoms with Crippen LogP contribution in [-0.2, 0) is 4.74 Å². The fourth-order valence-corrected chi connectivity index (χ4v) is 4.31. The largest absolute Gasteiger partial charge is 0.494 e. The van der Waals surface area contributed by atoms with Gasteiger partial charge in [-0.05, 0) is 72.9 Å². The monoisotopic (exact) mass is 365 g/mol. The molecular formula is C23H27NO3. The first-order valence-electron chi connectivity index (χ1n) is 9.90. The van der Waals surface area contributed by atoms with E-state index in [1.165, 1.54) is 16.3 Å². The lowest BCUT2D eigenvalue weighted by molar-refractivity contribution is 0.172. The van der Waals surface area contributed by atoms with Crippen LogP contribution in [-0.4, -0.2) is 24.8 Å². The fraction of sp³-hybridized carbons (Fsp3) is 0.435. The van der Waals surface area contributed by atoms with Gasteiger partial charge in [0.1, 0.15) is 12.4 Å². The highest BCUT2D eigenvalue weighted by molar-refractivity contribution is 5.84. The maximum atomic E-state index is 11.4. The highest BCUT2D eigenvalue weighted by Crippen LogP contribution is 2.43. The molecule has 0 bridgehead atoms. The van der Waals surface area contributed by atoms with Crippen molar-refractivity contribution in [1.82, 2.24) is 5.32 Å². The van der Waals surface area contributed by atoms with Crippen molar-refractivity contribution in [1.29, 1.82) is 0 Å². The third-order valence-electron chi connectivity index (χ3n) is 5.83. The van der Waals surface area contributed by atoms with Crippen LogP contribution in [0.1, 0.15) is 50.0 Å². The van der Waals surface area contributed by atoms with E-state index < -0.39 is 0 Å².